The van der Waals surface area contributed by atoms with Gasteiger partial charge in [-0.25, -0.2) is 4.98 Å². The van der Waals surface area contributed by atoms with Gasteiger partial charge in [0.1, 0.15) is 17.4 Å². The van der Waals surface area contributed by atoms with E-state index in [4.69, 9.17) is 4.74 Å². The quantitative estimate of drug-likeness (QED) is 0.779. The van der Waals surface area contributed by atoms with Crippen LogP contribution in [0.15, 0.2) is 24.4 Å². The van der Waals surface area contributed by atoms with Gasteiger partial charge in [-0.1, -0.05) is 17.7 Å². The molecule has 0 atom stereocenters. The molecule has 2 aromatic rings. The Morgan fingerprint density at radius 3 is 2.88 bits per heavy atom. The largest absolute Gasteiger partial charge is 0.486 e. The van der Waals surface area contributed by atoms with E-state index < -0.39 is 0 Å². The first-order chi connectivity index (χ1) is 8.19. The first kappa shape index (κ1) is 11.8. The number of carbonyl (C=O) groups is 1. The van der Waals surface area contributed by atoms with E-state index in [1.165, 1.54) is 16.9 Å². The van der Waals surface area contributed by atoms with Gasteiger partial charge in [-0.2, -0.15) is 0 Å². The molecule has 0 N–H and O–H groups in total. The highest BCUT2D eigenvalue weighted by Crippen LogP contribution is 2.21. The van der Waals surface area contributed by atoms with E-state index in [0.717, 1.165) is 22.6 Å². The second kappa shape index (κ2) is 5.10. The van der Waals surface area contributed by atoms with Gasteiger partial charge in [0.2, 0.25) is 0 Å². The first-order valence-corrected chi connectivity index (χ1v) is 6.10. The molecule has 0 saturated heterocycles. The van der Waals surface area contributed by atoms with Crippen LogP contribution in [0.5, 0.6) is 5.75 Å². The standard InChI is InChI=1S/C13H13NO2S/c1-9-3-4-12(10(2)5-9)16-8-13-14-6-11(7-15)17-13/h3-7H,8H2,1-2H3. The molecule has 3 nitrogen and oxygen atoms in total. The molecule has 17 heavy (non-hydrogen) atoms. The van der Waals surface area contributed by atoms with Crippen molar-refractivity contribution >= 4 is 17.6 Å². The number of carbonyl (C=O) groups excluding carboxylic acids is 1. The minimum atomic E-state index is 0.405. The Morgan fingerprint density at radius 2 is 2.24 bits per heavy atom. The van der Waals surface area contributed by atoms with Crippen LogP contribution in [0.25, 0.3) is 0 Å². The van der Waals surface area contributed by atoms with Gasteiger partial charge in [-0.15, -0.1) is 11.3 Å². The van der Waals surface area contributed by atoms with Crippen LogP contribution < -0.4 is 4.74 Å². The Kier molecular flexibility index (Phi) is 3.54. The maximum absolute atomic E-state index is 10.5. The van der Waals surface area contributed by atoms with Crippen LogP contribution in [-0.4, -0.2) is 11.3 Å². The highest BCUT2D eigenvalue weighted by atomic mass is 32.1. The van der Waals surface area contributed by atoms with E-state index in [1.54, 1.807) is 6.20 Å². The molecular weight excluding hydrogens is 234 g/mol. The highest BCUT2D eigenvalue weighted by molar-refractivity contribution is 7.13. The summed E-state index contributed by atoms with van der Waals surface area (Å²) < 4.78 is 5.67. The summed E-state index contributed by atoms with van der Waals surface area (Å²) in [5.74, 6) is 0.860. The molecule has 2 rings (SSSR count). The van der Waals surface area contributed by atoms with Crippen LogP contribution in [0.2, 0.25) is 0 Å². The average molecular weight is 247 g/mol. The zero-order valence-electron chi connectivity index (χ0n) is 9.77. The maximum Gasteiger partial charge on any atom is 0.161 e. The van der Waals surface area contributed by atoms with Crippen molar-refractivity contribution in [1.82, 2.24) is 4.98 Å². The molecule has 4 heteroatoms. The van der Waals surface area contributed by atoms with Crippen molar-refractivity contribution in [2.24, 2.45) is 0 Å². The maximum atomic E-state index is 10.5. The lowest BCUT2D eigenvalue weighted by atomic mass is 10.1. The van der Waals surface area contributed by atoms with E-state index >= 15 is 0 Å². The third-order valence-corrected chi connectivity index (χ3v) is 3.27. The molecule has 0 unspecified atom stereocenters. The summed E-state index contributed by atoms with van der Waals surface area (Å²) in [5, 5.41) is 0.812. The Hall–Kier alpha value is -1.68. The van der Waals surface area contributed by atoms with Gasteiger partial charge in [-0.3, -0.25) is 4.79 Å². The number of nitrogens with zero attached hydrogens (tertiary/aromatic N) is 1. The first-order valence-electron chi connectivity index (χ1n) is 5.29. The highest BCUT2D eigenvalue weighted by Gasteiger charge is 2.04. The van der Waals surface area contributed by atoms with E-state index in [9.17, 15) is 4.79 Å². The molecule has 1 heterocycles. The van der Waals surface area contributed by atoms with Gasteiger partial charge in [0.25, 0.3) is 0 Å². The Bertz CT molecular complexity index is 534. The summed E-state index contributed by atoms with van der Waals surface area (Å²) in [5.41, 5.74) is 2.32. The summed E-state index contributed by atoms with van der Waals surface area (Å²) in [4.78, 5) is 15.3. The molecule has 0 spiro atoms. The van der Waals surface area contributed by atoms with E-state index in [1.807, 2.05) is 26.0 Å². The summed E-state index contributed by atoms with van der Waals surface area (Å²) in [6.45, 7) is 4.47. The van der Waals surface area contributed by atoms with Crippen LogP contribution in [0.4, 0.5) is 0 Å². The normalized spacial score (nSPS) is 10.2. The fourth-order valence-electron chi connectivity index (χ4n) is 1.55. The molecule has 0 bridgehead atoms. The van der Waals surface area contributed by atoms with Crippen molar-refractivity contribution in [3.63, 3.8) is 0 Å². The Balaban J connectivity index is 2.04. The second-order valence-electron chi connectivity index (χ2n) is 3.83. The van der Waals surface area contributed by atoms with Gasteiger partial charge in [0, 0.05) is 6.20 Å². The Morgan fingerprint density at radius 1 is 1.41 bits per heavy atom. The number of hydrogen-bond acceptors (Lipinski definition) is 4. The number of aromatic nitrogens is 1. The number of rotatable bonds is 4. The topological polar surface area (TPSA) is 39.2 Å². The lowest BCUT2D eigenvalue weighted by Crippen LogP contribution is -1.96. The zero-order valence-corrected chi connectivity index (χ0v) is 10.6. The second-order valence-corrected chi connectivity index (χ2v) is 4.98. The van der Waals surface area contributed by atoms with Crippen LogP contribution in [0, 0.1) is 13.8 Å². The monoisotopic (exact) mass is 247 g/mol. The number of aryl methyl sites for hydroxylation is 2. The molecule has 0 amide bonds. The molecule has 88 valence electrons. The molecule has 1 aromatic carbocycles. The fraction of sp³-hybridized carbons (Fsp3) is 0.231. The average Bonchev–Trinajstić information content (AvgIpc) is 2.76. The fourth-order valence-corrected chi connectivity index (χ4v) is 2.20. The molecule has 0 radical (unpaired) electrons. The summed E-state index contributed by atoms with van der Waals surface area (Å²) >= 11 is 1.36. The lowest BCUT2D eigenvalue weighted by molar-refractivity contribution is 0.112. The van der Waals surface area contributed by atoms with Crippen LogP contribution in [-0.2, 0) is 6.61 Å². The van der Waals surface area contributed by atoms with E-state index in [-0.39, 0.29) is 0 Å². The van der Waals surface area contributed by atoms with E-state index in [2.05, 4.69) is 11.1 Å². The predicted octanol–water partition coefficient (Wildman–Crippen LogP) is 3.15. The van der Waals surface area contributed by atoms with Gasteiger partial charge in [0.05, 0.1) is 4.88 Å². The van der Waals surface area contributed by atoms with Crippen LogP contribution in [0.3, 0.4) is 0 Å². The lowest BCUT2D eigenvalue weighted by Gasteiger charge is -2.07. The van der Waals surface area contributed by atoms with Crippen molar-refractivity contribution in [2.75, 3.05) is 0 Å². The minimum Gasteiger partial charge on any atom is -0.486 e. The van der Waals surface area contributed by atoms with E-state index in [0.29, 0.717) is 11.5 Å². The molecule has 0 saturated carbocycles. The summed E-state index contributed by atoms with van der Waals surface area (Å²) in [7, 11) is 0. The number of benzene rings is 1. The Labute approximate surface area is 104 Å². The van der Waals surface area contributed by atoms with Gasteiger partial charge in [-0.05, 0) is 25.5 Å². The van der Waals surface area contributed by atoms with Crippen molar-refractivity contribution in [2.45, 2.75) is 20.5 Å². The van der Waals surface area contributed by atoms with Crippen LogP contribution >= 0.6 is 11.3 Å². The molecule has 1 aromatic heterocycles. The van der Waals surface area contributed by atoms with Crippen LogP contribution in [0.1, 0.15) is 25.8 Å². The predicted molar refractivity (Wildman–Crippen MR) is 67.7 cm³/mol. The van der Waals surface area contributed by atoms with Crippen molar-refractivity contribution in [3.05, 3.63) is 45.4 Å². The van der Waals surface area contributed by atoms with Gasteiger partial charge < -0.3 is 4.74 Å². The molecule has 0 aliphatic carbocycles. The third kappa shape index (κ3) is 2.91. The zero-order chi connectivity index (χ0) is 12.3. The van der Waals surface area contributed by atoms with Crippen molar-refractivity contribution in [3.8, 4) is 5.75 Å². The number of ether oxygens (including phenoxy) is 1. The minimum absolute atomic E-state index is 0.405. The molecule has 0 aliphatic rings. The van der Waals surface area contributed by atoms with Crippen molar-refractivity contribution in [1.29, 1.82) is 0 Å². The summed E-state index contributed by atoms with van der Waals surface area (Å²) in [6, 6.07) is 6.05. The SMILES string of the molecule is Cc1ccc(OCc2ncc(C=O)s2)c(C)c1. The molecular formula is C13H13NO2S. The van der Waals surface area contributed by atoms with Gasteiger partial charge in [0.15, 0.2) is 6.29 Å². The number of thiazole rings is 1. The van der Waals surface area contributed by atoms with Gasteiger partial charge >= 0.3 is 0 Å². The third-order valence-electron chi connectivity index (χ3n) is 2.37. The summed E-state index contributed by atoms with van der Waals surface area (Å²) in [6.07, 6.45) is 2.37. The smallest absolute Gasteiger partial charge is 0.161 e. The molecule has 0 fully saturated rings. The van der Waals surface area contributed by atoms with Crippen molar-refractivity contribution < 1.29 is 9.53 Å². The number of hydrogen-bond donors (Lipinski definition) is 0. The molecule has 0 aliphatic heterocycles. The number of aldehydes is 1.